The van der Waals surface area contributed by atoms with Gasteiger partial charge in [0, 0.05) is 30.5 Å². The lowest BCUT2D eigenvalue weighted by Crippen LogP contribution is -2.62. The Morgan fingerprint density at radius 2 is 2.09 bits per heavy atom. The highest BCUT2D eigenvalue weighted by molar-refractivity contribution is 5.74. The molecule has 1 N–H and O–H groups in total. The van der Waals surface area contributed by atoms with E-state index in [0.717, 1.165) is 6.42 Å². The van der Waals surface area contributed by atoms with E-state index in [4.69, 9.17) is 0 Å². The molecule has 2 heterocycles. The number of carbonyl (C=O) groups excluding carboxylic acids is 1. The minimum atomic E-state index is 0.256. The topological polar surface area (TPSA) is 32.3 Å². The fourth-order valence-corrected chi connectivity index (χ4v) is 5.43. The number of hydrogen-bond donors (Lipinski definition) is 1. The number of nitrogens with zero attached hydrogens (tertiary/aromatic N) is 1. The molecule has 1 amide bonds. The van der Waals surface area contributed by atoms with Gasteiger partial charge in [-0.05, 0) is 37.7 Å². The van der Waals surface area contributed by atoms with E-state index in [1.807, 2.05) is 0 Å². The summed E-state index contributed by atoms with van der Waals surface area (Å²) in [5.74, 6) is 0.256. The third-order valence-electron chi connectivity index (χ3n) is 6.41. The molecule has 22 heavy (non-hydrogen) atoms. The highest BCUT2D eigenvalue weighted by atomic mass is 16.2. The van der Waals surface area contributed by atoms with Crippen LogP contribution in [0.1, 0.15) is 45.1 Å². The SMILES string of the molecule is CC(=O)N1[C@@H](Cc2ccccc2)[C@@H]2C[C@@]3(C)C(CCC[C@@H]13)N2. The van der Waals surface area contributed by atoms with E-state index in [-0.39, 0.29) is 11.3 Å². The molecule has 2 saturated heterocycles. The zero-order valence-corrected chi connectivity index (χ0v) is 13.6. The second-order valence-electron chi connectivity index (χ2n) is 7.67. The molecule has 2 bridgehead atoms. The Morgan fingerprint density at radius 3 is 2.82 bits per heavy atom. The van der Waals surface area contributed by atoms with Crippen LogP contribution in [0.3, 0.4) is 0 Å². The minimum Gasteiger partial charge on any atom is -0.334 e. The van der Waals surface area contributed by atoms with Crippen molar-refractivity contribution >= 4 is 5.91 Å². The van der Waals surface area contributed by atoms with Gasteiger partial charge in [0.05, 0.1) is 6.04 Å². The highest BCUT2D eigenvalue weighted by Gasteiger charge is 2.59. The van der Waals surface area contributed by atoms with Crippen molar-refractivity contribution in [2.75, 3.05) is 0 Å². The van der Waals surface area contributed by atoms with Gasteiger partial charge in [-0.25, -0.2) is 0 Å². The molecule has 0 radical (unpaired) electrons. The number of carbonyl (C=O) groups is 1. The van der Waals surface area contributed by atoms with E-state index in [1.54, 1.807) is 6.92 Å². The van der Waals surface area contributed by atoms with Crippen LogP contribution in [0.25, 0.3) is 0 Å². The molecule has 1 saturated carbocycles. The first kappa shape index (κ1) is 14.3. The molecule has 4 rings (SSSR count). The monoisotopic (exact) mass is 298 g/mol. The van der Waals surface area contributed by atoms with Crippen LogP contribution in [0.5, 0.6) is 0 Å². The van der Waals surface area contributed by atoms with Crippen molar-refractivity contribution in [2.45, 2.75) is 70.1 Å². The van der Waals surface area contributed by atoms with Crippen molar-refractivity contribution in [3.8, 4) is 0 Å². The lowest BCUT2D eigenvalue weighted by atomic mass is 9.64. The Morgan fingerprint density at radius 1 is 1.32 bits per heavy atom. The molecule has 3 fully saturated rings. The van der Waals surface area contributed by atoms with Crippen molar-refractivity contribution in [1.82, 2.24) is 10.2 Å². The van der Waals surface area contributed by atoms with Gasteiger partial charge >= 0.3 is 0 Å². The summed E-state index contributed by atoms with van der Waals surface area (Å²) in [4.78, 5) is 14.7. The average Bonchev–Trinajstić information content (AvgIpc) is 2.84. The molecule has 3 nitrogen and oxygen atoms in total. The standard InChI is InChI=1S/C19H26N2O/c1-13(22)21-16(11-14-7-4-3-5-8-14)15-12-19(2)17(20-15)9-6-10-18(19)21/h3-5,7-8,15-18,20H,6,9-12H2,1-2H3/t15-,16-,17?,18+,19-/m0/s1. The molecular formula is C19H26N2O. The number of piperidine rings is 1. The van der Waals surface area contributed by atoms with Gasteiger partial charge in [0.1, 0.15) is 0 Å². The van der Waals surface area contributed by atoms with Gasteiger partial charge < -0.3 is 10.2 Å². The lowest BCUT2D eigenvalue weighted by molar-refractivity contribution is -0.142. The molecule has 3 aliphatic rings. The summed E-state index contributed by atoms with van der Waals surface area (Å²) in [6, 6.07) is 12.4. The summed E-state index contributed by atoms with van der Waals surface area (Å²) in [7, 11) is 0. The average molecular weight is 298 g/mol. The van der Waals surface area contributed by atoms with Gasteiger partial charge in [0.2, 0.25) is 5.91 Å². The second-order valence-corrected chi connectivity index (χ2v) is 7.67. The molecule has 0 spiro atoms. The maximum absolute atomic E-state index is 12.5. The normalized spacial score (nSPS) is 39.8. The van der Waals surface area contributed by atoms with E-state index in [2.05, 4.69) is 47.5 Å². The minimum absolute atomic E-state index is 0.256. The van der Waals surface area contributed by atoms with Crippen LogP contribution in [-0.2, 0) is 11.2 Å². The van der Waals surface area contributed by atoms with E-state index in [1.165, 1.54) is 31.2 Å². The predicted octanol–water partition coefficient (Wildman–Crippen LogP) is 2.75. The molecule has 5 atom stereocenters. The Balaban J connectivity index is 1.69. The Kier molecular flexibility index (Phi) is 3.30. The van der Waals surface area contributed by atoms with Gasteiger partial charge in [0.25, 0.3) is 0 Å². The van der Waals surface area contributed by atoms with Gasteiger partial charge in [-0.1, -0.05) is 37.3 Å². The molecule has 1 aromatic carbocycles. The number of rotatable bonds is 2. The fraction of sp³-hybridized carbons (Fsp3) is 0.632. The van der Waals surface area contributed by atoms with Crippen molar-refractivity contribution < 1.29 is 4.79 Å². The first-order chi connectivity index (χ1) is 10.6. The van der Waals surface area contributed by atoms with Crippen molar-refractivity contribution in [1.29, 1.82) is 0 Å². The quantitative estimate of drug-likeness (QED) is 0.910. The van der Waals surface area contributed by atoms with E-state index in [9.17, 15) is 4.79 Å². The molecule has 0 aromatic heterocycles. The second kappa shape index (κ2) is 5.09. The first-order valence-electron chi connectivity index (χ1n) is 8.68. The molecule has 3 heteroatoms. The van der Waals surface area contributed by atoms with E-state index >= 15 is 0 Å². The molecule has 2 aliphatic heterocycles. The Bertz CT molecular complexity index is 572. The summed E-state index contributed by atoms with van der Waals surface area (Å²) in [6.07, 6.45) is 5.88. The number of fused-ring (bicyclic) bond motifs is 1. The van der Waals surface area contributed by atoms with Crippen LogP contribution in [0.15, 0.2) is 30.3 Å². The summed E-state index contributed by atoms with van der Waals surface area (Å²) in [5, 5.41) is 3.89. The highest BCUT2D eigenvalue weighted by Crippen LogP contribution is 2.52. The zero-order valence-electron chi connectivity index (χ0n) is 13.6. The molecule has 1 aromatic rings. The number of nitrogens with one attached hydrogen (secondary N) is 1. The lowest BCUT2D eigenvalue weighted by Gasteiger charge is -2.53. The van der Waals surface area contributed by atoms with Gasteiger partial charge in [-0.2, -0.15) is 0 Å². The van der Waals surface area contributed by atoms with E-state index < -0.39 is 0 Å². The van der Waals surface area contributed by atoms with Crippen LogP contribution in [0, 0.1) is 5.41 Å². The van der Waals surface area contributed by atoms with Gasteiger partial charge in [-0.15, -0.1) is 0 Å². The van der Waals surface area contributed by atoms with Crippen LogP contribution in [-0.4, -0.2) is 35.0 Å². The third-order valence-corrected chi connectivity index (χ3v) is 6.41. The fourth-order valence-electron chi connectivity index (χ4n) is 5.43. The predicted molar refractivity (Wildman–Crippen MR) is 87.5 cm³/mol. The molecular weight excluding hydrogens is 272 g/mol. The number of amides is 1. The maximum atomic E-state index is 12.5. The van der Waals surface area contributed by atoms with Crippen LogP contribution in [0.4, 0.5) is 0 Å². The number of hydrogen-bond acceptors (Lipinski definition) is 2. The smallest absolute Gasteiger partial charge is 0.220 e. The maximum Gasteiger partial charge on any atom is 0.220 e. The third kappa shape index (κ3) is 2.02. The van der Waals surface area contributed by atoms with Crippen LogP contribution >= 0.6 is 0 Å². The number of likely N-dealkylation sites (tertiary alicyclic amines) is 1. The van der Waals surface area contributed by atoms with Crippen LogP contribution < -0.4 is 5.32 Å². The van der Waals surface area contributed by atoms with E-state index in [0.29, 0.717) is 24.2 Å². The van der Waals surface area contributed by atoms with Crippen molar-refractivity contribution in [3.63, 3.8) is 0 Å². The summed E-state index contributed by atoms with van der Waals surface area (Å²) in [5.41, 5.74) is 1.62. The Hall–Kier alpha value is -1.35. The van der Waals surface area contributed by atoms with Crippen molar-refractivity contribution in [3.05, 3.63) is 35.9 Å². The summed E-state index contributed by atoms with van der Waals surface area (Å²) < 4.78 is 0. The van der Waals surface area contributed by atoms with Crippen molar-refractivity contribution in [2.24, 2.45) is 5.41 Å². The summed E-state index contributed by atoms with van der Waals surface area (Å²) in [6.45, 7) is 4.17. The first-order valence-corrected chi connectivity index (χ1v) is 8.68. The van der Waals surface area contributed by atoms with Crippen LogP contribution in [0.2, 0.25) is 0 Å². The summed E-state index contributed by atoms with van der Waals surface area (Å²) >= 11 is 0. The largest absolute Gasteiger partial charge is 0.334 e. The number of benzene rings is 1. The van der Waals surface area contributed by atoms with Gasteiger partial charge in [0.15, 0.2) is 0 Å². The molecule has 118 valence electrons. The van der Waals surface area contributed by atoms with Gasteiger partial charge in [-0.3, -0.25) is 4.79 Å². The zero-order chi connectivity index (χ0) is 15.3. The molecule has 1 unspecified atom stereocenters. The Labute approximate surface area is 133 Å². The molecule has 1 aliphatic carbocycles.